The third-order valence-electron chi connectivity index (χ3n) is 4.57. The lowest BCUT2D eigenvalue weighted by molar-refractivity contribution is -0.123. The van der Waals surface area contributed by atoms with Crippen LogP contribution >= 0.6 is 0 Å². The van der Waals surface area contributed by atoms with Crippen LogP contribution in [-0.4, -0.2) is 18.0 Å². The van der Waals surface area contributed by atoms with Gasteiger partial charge in [-0.3, -0.25) is 9.59 Å². The molecule has 0 bridgehead atoms. The smallest absolute Gasteiger partial charge is 0.229 e. The standard InChI is InChI=1S/C16H23N5O2/c1-10(15(23)17-16-18-20-21-19-16)12-7-5-11(6-8-12)9-13-3-2-4-14(13)22/h5-8,10,13,16,18-21H,2-4,9H2,1H3,(H,17,23)/t10-,13+/m1/s1. The molecule has 124 valence electrons. The molecular formula is C16H23N5O2. The lowest BCUT2D eigenvalue weighted by Crippen LogP contribution is -2.50. The molecule has 5 N–H and O–H groups in total. The summed E-state index contributed by atoms with van der Waals surface area (Å²) in [5.41, 5.74) is 13.0. The second-order valence-corrected chi connectivity index (χ2v) is 6.20. The van der Waals surface area contributed by atoms with Crippen molar-refractivity contribution in [2.24, 2.45) is 5.92 Å². The molecule has 1 aromatic rings. The van der Waals surface area contributed by atoms with Crippen molar-refractivity contribution in [3.05, 3.63) is 35.4 Å². The zero-order valence-corrected chi connectivity index (χ0v) is 13.2. The molecular weight excluding hydrogens is 294 g/mol. The average molecular weight is 317 g/mol. The first kappa shape index (κ1) is 16.1. The molecule has 2 aliphatic rings. The minimum atomic E-state index is -0.349. The van der Waals surface area contributed by atoms with E-state index >= 15 is 0 Å². The van der Waals surface area contributed by atoms with E-state index in [0.717, 1.165) is 36.8 Å². The van der Waals surface area contributed by atoms with Crippen LogP contribution in [-0.2, 0) is 16.0 Å². The monoisotopic (exact) mass is 317 g/mol. The maximum atomic E-state index is 12.2. The highest BCUT2D eigenvalue weighted by Crippen LogP contribution is 2.25. The van der Waals surface area contributed by atoms with Crippen LogP contribution in [0.25, 0.3) is 0 Å². The molecule has 1 aromatic carbocycles. The number of hydrazine groups is 3. The topological polar surface area (TPSA) is 94.3 Å². The zero-order valence-electron chi connectivity index (χ0n) is 13.2. The Labute approximate surface area is 135 Å². The molecule has 1 heterocycles. The first-order valence-corrected chi connectivity index (χ1v) is 8.06. The van der Waals surface area contributed by atoms with E-state index in [1.165, 1.54) is 0 Å². The zero-order chi connectivity index (χ0) is 16.2. The second kappa shape index (κ2) is 7.18. The fourth-order valence-electron chi connectivity index (χ4n) is 3.07. The van der Waals surface area contributed by atoms with Gasteiger partial charge in [-0.15, -0.1) is 0 Å². The van der Waals surface area contributed by atoms with Gasteiger partial charge in [0.05, 0.1) is 5.92 Å². The lowest BCUT2D eigenvalue weighted by atomic mass is 9.94. The molecule has 1 saturated heterocycles. The van der Waals surface area contributed by atoms with E-state index in [1.807, 2.05) is 31.2 Å². The van der Waals surface area contributed by atoms with Gasteiger partial charge in [-0.1, -0.05) is 24.3 Å². The van der Waals surface area contributed by atoms with E-state index in [4.69, 9.17) is 0 Å². The molecule has 2 atom stereocenters. The fourth-order valence-corrected chi connectivity index (χ4v) is 3.07. The Bertz CT molecular complexity index is 568. The highest BCUT2D eigenvalue weighted by atomic mass is 16.2. The van der Waals surface area contributed by atoms with Crippen molar-refractivity contribution in [2.45, 2.75) is 44.8 Å². The summed E-state index contributed by atoms with van der Waals surface area (Å²) < 4.78 is 0. The summed E-state index contributed by atoms with van der Waals surface area (Å²) in [7, 11) is 0. The summed E-state index contributed by atoms with van der Waals surface area (Å²) in [6, 6.07) is 8.01. The fraction of sp³-hybridized carbons (Fsp3) is 0.500. The molecule has 0 unspecified atom stereocenters. The molecule has 1 saturated carbocycles. The number of rotatable bonds is 5. The number of nitrogens with one attached hydrogen (secondary N) is 5. The number of amides is 1. The van der Waals surface area contributed by atoms with Crippen LogP contribution in [0.1, 0.15) is 43.2 Å². The van der Waals surface area contributed by atoms with Crippen molar-refractivity contribution in [3.63, 3.8) is 0 Å². The molecule has 1 aliphatic carbocycles. The van der Waals surface area contributed by atoms with Gasteiger partial charge in [0.25, 0.3) is 0 Å². The van der Waals surface area contributed by atoms with Crippen molar-refractivity contribution in [2.75, 3.05) is 0 Å². The largest absolute Gasteiger partial charge is 0.326 e. The SMILES string of the molecule is C[C@@H](C(=O)NC1NNNN1)c1ccc(C[C@@H]2CCCC2=O)cc1. The maximum Gasteiger partial charge on any atom is 0.229 e. The Hall–Kier alpha value is -1.80. The molecule has 0 spiro atoms. The quantitative estimate of drug-likeness (QED) is 0.533. The summed E-state index contributed by atoms with van der Waals surface area (Å²) in [6.07, 6.45) is 3.21. The predicted molar refractivity (Wildman–Crippen MR) is 85.4 cm³/mol. The van der Waals surface area contributed by atoms with Crippen molar-refractivity contribution in [3.8, 4) is 0 Å². The molecule has 3 rings (SSSR count). The Kier molecular flexibility index (Phi) is 5.02. The summed E-state index contributed by atoms with van der Waals surface area (Å²) in [6.45, 7) is 1.88. The Balaban J connectivity index is 1.57. The lowest BCUT2D eigenvalue weighted by Gasteiger charge is -2.17. The van der Waals surface area contributed by atoms with Crippen LogP contribution in [0.15, 0.2) is 24.3 Å². The highest BCUT2D eigenvalue weighted by molar-refractivity contribution is 5.84. The highest BCUT2D eigenvalue weighted by Gasteiger charge is 2.25. The van der Waals surface area contributed by atoms with Crippen molar-refractivity contribution in [1.82, 2.24) is 27.2 Å². The van der Waals surface area contributed by atoms with Gasteiger partial charge in [0.2, 0.25) is 5.91 Å². The summed E-state index contributed by atoms with van der Waals surface area (Å²) in [4.78, 5) is 23.9. The van der Waals surface area contributed by atoms with E-state index < -0.39 is 0 Å². The number of ketones is 1. The minimum Gasteiger partial charge on any atom is -0.326 e. The average Bonchev–Trinajstić information content (AvgIpc) is 3.20. The molecule has 1 aliphatic heterocycles. The molecule has 1 amide bonds. The van der Waals surface area contributed by atoms with Crippen molar-refractivity contribution in [1.29, 1.82) is 0 Å². The van der Waals surface area contributed by atoms with Crippen LogP contribution in [0.5, 0.6) is 0 Å². The summed E-state index contributed by atoms with van der Waals surface area (Å²) in [5.74, 6) is 0.252. The first-order chi connectivity index (χ1) is 11.1. The summed E-state index contributed by atoms with van der Waals surface area (Å²) >= 11 is 0. The van der Waals surface area contributed by atoms with Gasteiger partial charge in [0.15, 0.2) is 6.29 Å². The predicted octanol–water partition coefficient (Wildman–Crippen LogP) is 0.219. The molecule has 7 heteroatoms. The van der Waals surface area contributed by atoms with E-state index in [-0.39, 0.29) is 24.0 Å². The number of carbonyl (C=O) groups excluding carboxylic acids is 2. The van der Waals surface area contributed by atoms with E-state index in [1.54, 1.807) is 0 Å². The second-order valence-electron chi connectivity index (χ2n) is 6.20. The van der Waals surface area contributed by atoms with Gasteiger partial charge in [0.1, 0.15) is 5.78 Å². The van der Waals surface area contributed by atoms with Gasteiger partial charge in [0, 0.05) is 12.3 Å². The molecule has 2 fully saturated rings. The van der Waals surface area contributed by atoms with Crippen LogP contribution in [0, 0.1) is 5.92 Å². The van der Waals surface area contributed by atoms with Crippen molar-refractivity contribution >= 4 is 11.7 Å². The van der Waals surface area contributed by atoms with Crippen LogP contribution in [0.4, 0.5) is 0 Å². The van der Waals surface area contributed by atoms with Gasteiger partial charge >= 0.3 is 0 Å². The van der Waals surface area contributed by atoms with E-state index in [2.05, 4.69) is 27.2 Å². The van der Waals surface area contributed by atoms with Crippen LogP contribution in [0.3, 0.4) is 0 Å². The summed E-state index contributed by atoms with van der Waals surface area (Å²) in [5, 5.41) is 2.83. The number of Topliss-reactive ketones (excluding diaryl/α,β-unsaturated/α-hetero) is 1. The normalized spacial score (nSPS) is 23.2. The van der Waals surface area contributed by atoms with Gasteiger partial charge in [-0.25, -0.2) is 10.9 Å². The van der Waals surface area contributed by atoms with Gasteiger partial charge in [-0.2, -0.15) is 11.1 Å². The third kappa shape index (κ3) is 3.94. The Morgan fingerprint density at radius 3 is 2.57 bits per heavy atom. The molecule has 0 radical (unpaired) electrons. The number of hydrogen-bond donors (Lipinski definition) is 5. The van der Waals surface area contributed by atoms with Crippen LogP contribution < -0.4 is 27.2 Å². The van der Waals surface area contributed by atoms with Crippen molar-refractivity contribution < 1.29 is 9.59 Å². The number of benzene rings is 1. The molecule has 23 heavy (non-hydrogen) atoms. The van der Waals surface area contributed by atoms with Crippen LogP contribution in [0.2, 0.25) is 0 Å². The van der Waals surface area contributed by atoms with Gasteiger partial charge in [-0.05, 0) is 37.3 Å². The van der Waals surface area contributed by atoms with Gasteiger partial charge < -0.3 is 5.32 Å². The molecule has 0 aromatic heterocycles. The van der Waals surface area contributed by atoms with E-state index in [9.17, 15) is 9.59 Å². The number of carbonyl (C=O) groups is 2. The third-order valence-corrected chi connectivity index (χ3v) is 4.57. The maximum absolute atomic E-state index is 12.2. The minimum absolute atomic E-state index is 0.0702. The first-order valence-electron chi connectivity index (χ1n) is 8.06. The Morgan fingerprint density at radius 2 is 1.96 bits per heavy atom. The molecule has 7 nitrogen and oxygen atoms in total. The van der Waals surface area contributed by atoms with E-state index in [0.29, 0.717) is 5.78 Å². The Morgan fingerprint density at radius 1 is 1.26 bits per heavy atom. The number of hydrogen-bond acceptors (Lipinski definition) is 6.